The van der Waals surface area contributed by atoms with E-state index in [4.69, 9.17) is 4.74 Å². The average Bonchev–Trinajstić information content (AvgIpc) is 3.15. The fraction of sp³-hybridized carbons (Fsp3) is 0.316. The summed E-state index contributed by atoms with van der Waals surface area (Å²) in [6.07, 6.45) is 8.24. The van der Waals surface area contributed by atoms with Crippen molar-refractivity contribution in [3.8, 4) is 5.75 Å². The molecule has 3 heterocycles. The fourth-order valence-electron chi connectivity index (χ4n) is 3.32. The van der Waals surface area contributed by atoms with E-state index in [1.165, 1.54) is 12.1 Å². The number of ether oxygens (including phenoxy) is 1. The van der Waals surface area contributed by atoms with Crippen molar-refractivity contribution in [2.45, 2.75) is 25.3 Å². The molecule has 2 aromatic heterocycles. The number of para-hydroxylation sites is 1. The Labute approximate surface area is 150 Å². The van der Waals surface area contributed by atoms with Crippen molar-refractivity contribution in [3.05, 3.63) is 60.4 Å². The Kier molecular flexibility index (Phi) is 4.51. The monoisotopic (exact) mass is 354 g/mol. The van der Waals surface area contributed by atoms with Gasteiger partial charge in [-0.3, -0.25) is 9.20 Å². The van der Waals surface area contributed by atoms with Crippen molar-refractivity contribution in [2.24, 2.45) is 0 Å². The highest BCUT2D eigenvalue weighted by molar-refractivity contribution is 5.78. The van der Waals surface area contributed by atoms with Gasteiger partial charge in [-0.15, -0.1) is 0 Å². The maximum absolute atomic E-state index is 13.7. The van der Waals surface area contributed by atoms with Crippen LogP contribution >= 0.6 is 0 Å². The van der Waals surface area contributed by atoms with Gasteiger partial charge in [0.2, 0.25) is 5.78 Å². The number of piperidine rings is 1. The zero-order valence-electron chi connectivity index (χ0n) is 14.2. The third-order valence-electron chi connectivity index (χ3n) is 4.64. The van der Waals surface area contributed by atoms with Crippen molar-refractivity contribution in [1.29, 1.82) is 0 Å². The molecule has 0 bridgehead atoms. The molecule has 26 heavy (non-hydrogen) atoms. The molecule has 134 valence electrons. The second kappa shape index (κ2) is 7.11. The molecule has 0 radical (unpaired) electrons. The van der Waals surface area contributed by atoms with Gasteiger partial charge in [0.15, 0.2) is 18.2 Å². The number of carbonyl (C=O) groups excluding carboxylic acids is 1. The Hall–Kier alpha value is -2.96. The molecule has 0 aliphatic carbocycles. The predicted molar refractivity (Wildman–Crippen MR) is 93.2 cm³/mol. The van der Waals surface area contributed by atoms with Gasteiger partial charge < -0.3 is 9.64 Å². The maximum atomic E-state index is 13.7. The molecule has 4 rings (SSSR count). The fourth-order valence-corrected chi connectivity index (χ4v) is 3.32. The van der Waals surface area contributed by atoms with Gasteiger partial charge in [0.25, 0.3) is 5.91 Å². The van der Waals surface area contributed by atoms with Crippen LogP contribution in [0, 0.1) is 5.82 Å². The van der Waals surface area contributed by atoms with Gasteiger partial charge in [-0.1, -0.05) is 12.1 Å². The Balaban J connectivity index is 1.51. The summed E-state index contributed by atoms with van der Waals surface area (Å²) < 4.78 is 20.9. The molecule has 1 saturated heterocycles. The highest BCUT2D eigenvalue weighted by Crippen LogP contribution is 2.30. The third-order valence-corrected chi connectivity index (χ3v) is 4.64. The van der Waals surface area contributed by atoms with Crippen LogP contribution in [0.5, 0.6) is 5.75 Å². The van der Waals surface area contributed by atoms with Gasteiger partial charge in [-0.25, -0.2) is 14.4 Å². The van der Waals surface area contributed by atoms with Crippen LogP contribution in [0.1, 0.15) is 31.0 Å². The van der Waals surface area contributed by atoms with E-state index in [-0.39, 0.29) is 24.3 Å². The molecular weight excluding hydrogens is 335 g/mol. The largest absolute Gasteiger partial charge is 0.481 e. The van der Waals surface area contributed by atoms with E-state index in [0.717, 1.165) is 25.0 Å². The van der Waals surface area contributed by atoms with Gasteiger partial charge in [0.05, 0.1) is 11.7 Å². The first-order valence-electron chi connectivity index (χ1n) is 8.69. The minimum Gasteiger partial charge on any atom is -0.481 e. The summed E-state index contributed by atoms with van der Waals surface area (Å²) in [6, 6.07) is 7.90. The molecule has 1 atom stereocenters. The first-order chi connectivity index (χ1) is 12.7. The minimum atomic E-state index is -0.470. The lowest BCUT2D eigenvalue weighted by atomic mass is 9.99. The number of fused-ring (bicyclic) bond motifs is 1. The lowest BCUT2D eigenvalue weighted by Crippen LogP contribution is -2.41. The highest BCUT2D eigenvalue weighted by Gasteiger charge is 2.29. The second-order valence-electron chi connectivity index (χ2n) is 6.30. The van der Waals surface area contributed by atoms with E-state index < -0.39 is 5.82 Å². The first-order valence-corrected chi connectivity index (χ1v) is 8.69. The molecule has 1 aliphatic heterocycles. The molecular formula is C19H19FN4O2. The van der Waals surface area contributed by atoms with Crippen molar-refractivity contribution in [2.75, 3.05) is 13.2 Å². The van der Waals surface area contributed by atoms with Crippen LogP contribution in [0.4, 0.5) is 4.39 Å². The van der Waals surface area contributed by atoms with Crippen LogP contribution in [0.15, 0.2) is 48.9 Å². The zero-order chi connectivity index (χ0) is 17.9. The molecule has 7 heteroatoms. The summed E-state index contributed by atoms with van der Waals surface area (Å²) in [5.74, 6) is 0.0688. The standard InChI is InChI=1S/C19H19FN4O2/c20-14-5-1-2-7-17(14)26-13-18(25)24-10-4-3-6-16(24)15-8-11-23-12-9-21-19(23)22-15/h1-2,5,7-9,11-12,16H,3-4,6,10,13H2/t16-/m1/s1. The van der Waals surface area contributed by atoms with Gasteiger partial charge >= 0.3 is 0 Å². The average molecular weight is 354 g/mol. The number of rotatable bonds is 4. The maximum Gasteiger partial charge on any atom is 0.261 e. The number of aromatic nitrogens is 3. The number of likely N-dealkylation sites (tertiary alicyclic amines) is 1. The zero-order valence-corrected chi connectivity index (χ0v) is 14.2. The topological polar surface area (TPSA) is 59.7 Å². The molecule has 1 aliphatic rings. The molecule has 0 N–H and O–H groups in total. The SMILES string of the molecule is O=C(COc1ccccc1F)N1CCCC[C@@H]1c1ccn2ccnc2n1. The summed E-state index contributed by atoms with van der Waals surface area (Å²) in [7, 11) is 0. The quantitative estimate of drug-likeness (QED) is 0.723. The van der Waals surface area contributed by atoms with Gasteiger partial charge in [0, 0.05) is 25.1 Å². The molecule has 0 spiro atoms. The minimum absolute atomic E-state index is 0.0892. The molecule has 1 amide bonds. The molecule has 0 unspecified atom stereocenters. The van der Waals surface area contributed by atoms with Crippen LogP contribution in [0.25, 0.3) is 5.78 Å². The Morgan fingerprint density at radius 3 is 3.00 bits per heavy atom. The van der Waals surface area contributed by atoms with Crippen LogP contribution in [-0.2, 0) is 4.79 Å². The number of benzene rings is 1. The number of halogens is 1. The molecule has 1 aromatic carbocycles. The summed E-state index contributed by atoms with van der Waals surface area (Å²) in [5, 5.41) is 0. The summed E-state index contributed by atoms with van der Waals surface area (Å²) in [4.78, 5) is 23.3. The number of amides is 1. The summed E-state index contributed by atoms with van der Waals surface area (Å²) in [6.45, 7) is 0.453. The number of carbonyl (C=O) groups is 1. The summed E-state index contributed by atoms with van der Waals surface area (Å²) >= 11 is 0. The molecule has 0 saturated carbocycles. The molecule has 3 aromatic rings. The number of hydrogen-bond donors (Lipinski definition) is 0. The summed E-state index contributed by atoms with van der Waals surface area (Å²) in [5.41, 5.74) is 0.822. The van der Waals surface area contributed by atoms with Crippen LogP contribution < -0.4 is 4.74 Å². The molecule has 6 nitrogen and oxygen atoms in total. The lowest BCUT2D eigenvalue weighted by molar-refractivity contribution is -0.137. The van der Waals surface area contributed by atoms with Crippen LogP contribution in [-0.4, -0.2) is 38.3 Å². The normalized spacial score (nSPS) is 17.4. The van der Waals surface area contributed by atoms with Crippen molar-refractivity contribution >= 4 is 11.7 Å². The Morgan fingerprint density at radius 1 is 1.23 bits per heavy atom. The van der Waals surface area contributed by atoms with Crippen molar-refractivity contribution in [3.63, 3.8) is 0 Å². The Morgan fingerprint density at radius 2 is 2.12 bits per heavy atom. The second-order valence-corrected chi connectivity index (χ2v) is 6.30. The van der Waals surface area contributed by atoms with Crippen molar-refractivity contribution in [1.82, 2.24) is 19.3 Å². The van der Waals surface area contributed by atoms with E-state index in [1.807, 2.05) is 22.9 Å². The number of hydrogen-bond acceptors (Lipinski definition) is 4. The van der Waals surface area contributed by atoms with E-state index in [0.29, 0.717) is 12.3 Å². The number of imidazole rings is 1. The van der Waals surface area contributed by atoms with Crippen LogP contribution in [0.2, 0.25) is 0 Å². The number of nitrogens with zero attached hydrogens (tertiary/aromatic N) is 4. The van der Waals surface area contributed by atoms with Crippen LogP contribution in [0.3, 0.4) is 0 Å². The predicted octanol–water partition coefficient (Wildman–Crippen LogP) is 3.00. The Bertz CT molecular complexity index is 927. The van der Waals surface area contributed by atoms with Gasteiger partial charge in [-0.05, 0) is 37.5 Å². The smallest absolute Gasteiger partial charge is 0.261 e. The van der Waals surface area contributed by atoms with E-state index >= 15 is 0 Å². The van der Waals surface area contributed by atoms with E-state index in [2.05, 4.69) is 9.97 Å². The van der Waals surface area contributed by atoms with Gasteiger partial charge in [0.1, 0.15) is 0 Å². The van der Waals surface area contributed by atoms with E-state index in [9.17, 15) is 9.18 Å². The van der Waals surface area contributed by atoms with E-state index in [1.54, 1.807) is 23.2 Å². The highest BCUT2D eigenvalue weighted by atomic mass is 19.1. The third kappa shape index (κ3) is 3.24. The van der Waals surface area contributed by atoms with Gasteiger partial charge in [-0.2, -0.15) is 0 Å². The first kappa shape index (κ1) is 16.5. The lowest BCUT2D eigenvalue weighted by Gasteiger charge is -2.35. The molecule has 1 fully saturated rings. The van der Waals surface area contributed by atoms with Crippen molar-refractivity contribution < 1.29 is 13.9 Å².